The van der Waals surface area contributed by atoms with E-state index in [4.69, 9.17) is 17.3 Å². The number of nitrogens with one attached hydrogen (secondary N) is 1. The van der Waals surface area contributed by atoms with E-state index >= 15 is 0 Å². The molecule has 21 heavy (non-hydrogen) atoms. The highest BCUT2D eigenvalue weighted by atomic mass is 35.5. The van der Waals surface area contributed by atoms with Crippen molar-refractivity contribution < 1.29 is 17.9 Å². The third-order valence-electron chi connectivity index (χ3n) is 3.72. The molecule has 1 fully saturated rings. The fraction of sp³-hybridized carbons (Fsp3) is 0.538. The number of anilines is 1. The zero-order valence-corrected chi connectivity index (χ0v) is 13.0. The first-order chi connectivity index (χ1) is 9.73. The van der Waals surface area contributed by atoms with Gasteiger partial charge in [-0.1, -0.05) is 30.9 Å². The van der Waals surface area contributed by atoms with E-state index in [0.717, 1.165) is 31.4 Å². The van der Waals surface area contributed by atoms with E-state index in [0.29, 0.717) is 12.8 Å². The number of aliphatic hydroxyl groups is 1. The molecule has 0 spiro atoms. The van der Waals surface area contributed by atoms with Gasteiger partial charge in [0.1, 0.15) is 10.7 Å². The minimum Gasteiger partial charge on any atom is -0.396 e. The number of benzene rings is 1. The molecule has 0 saturated heterocycles. The Morgan fingerprint density at radius 1 is 1.33 bits per heavy atom. The van der Waals surface area contributed by atoms with Gasteiger partial charge in [-0.3, -0.25) is 0 Å². The molecule has 4 N–H and O–H groups in total. The molecule has 1 aromatic rings. The molecular weight excluding hydrogens is 319 g/mol. The van der Waals surface area contributed by atoms with E-state index < -0.39 is 21.4 Å². The van der Waals surface area contributed by atoms with Gasteiger partial charge in [-0.2, -0.15) is 0 Å². The molecule has 1 aliphatic carbocycles. The summed E-state index contributed by atoms with van der Waals surface area (Å²) in [6.07, 6.45) is 3.87. The van der Waals surface area contributed by atoms with Gasteiger partial charge in [-0.25, -0.2) is 17.5 Å². The van der Waals surface area contributed by atoms with Crippen LogP contribution in [0.15, 0.2) is 17.0 Å². The van der Waals surface area contributed by atoms with E-state index in [2.05, 4.69) is 4.72 Å². The van der Waals surface area contributed by atoms with Gasteiger partial charge in [0.25, 0.3) is 0 Å². The largest absolute Gasteiger partial charge is 0.396 e. The number of nitrogens with two attached hydrogens (primary N) is 1. The Bertz CT molecular complexity index is 631. The zero-order chi connectivity index (χ0) is 15.7. The Labute approximate surface area is 128 Å². The highest BCUT2D eigenvalue weighted by Crippen LogP contribution is 2.29. The van der Waals surface area contributed by atoms with Crippen LogP contribution < -0.4 is 10.5 Å². The minimum absolute atomic E-state index is 0.0943. The fourth-order valence-electron chi connectivity index (χ4n) is 2.44. The van der Waals surface area contributed by atoms with Crippen molar-refractivity contribution in [3.8, 4) is 0 Å². The summed E-state index contributed by atoms with van der Waals surface area (Å²) in [5.74, 6) is -0.773. The molecule has 0 unspecified atom stereocenters. The van der Waals surface area contributed by atoms with Crippen LogP contribution in [0.1, 0.15) is 32.1 Å². The van der Waals surface area contributed by atoms with Gasteiger partial charge < -0.3 is 10.8 Å². The first kappa shape index (κ1) is 16.5. The van der Waals surface area contributed by atoms with Gasteiger partial charge in [0.2, 0.25) is 10.0 Å². The first-order valence-electron chi connectivity index (χ1n) is 6.70. The summed E-state index contributed by atoms with van der Waals surface area (Å²) in [4.78, 5) is -0.289. The molecule has 118 valence electrons. The molecular formula is C13H18ClFN2O3S. The molecule has 0 heterocycles. The van der Waals surface area contributed by atoms with Gasteiger partial charge in [0.15, 0.2) is 0 Å². The van der Waals surface area contributed by atoms with Crippen molar-refractivity contribution in [1.82, 2.24) is 4.72 Å². The average molecular weight is 337 g/mol. The molecule has 1 aromatic carbocycles. The number of hydrogen-bond acceptors (Lipinski definition) is 4. The van der Waals surface area contributed by atoms with Crippen LogP contribution >= 0.6 is 11.6 Å². The Morgan fingerprint density at radius 2 is 1.95 bits per heavy atom. The molecule has 0 aromatic heterocycles. The van der Waals surface area contributed by atoms with Crippen LogP contribution in [-0.2, 0) is 10.0 Å². The Balaban J connectivity index is 2.17. The van der Waals surface area contributed by atoms with Crippen molar-refractivity contribution in [2.45, 2.75) is 42.6 Å². The predicted molar refractivity (Wildman–Crippen MR) is 79.0 cm³/mol. The maximum absolute atomic E-state index is 13.2. The zero-order valence-electron chi connectivity index (χ0n) is 11.4. The van der Waals surface area contributed by atoms with Crippen LogP contribution in [0.2, 0.25) is 5.02 Å². The maximum Gasteiger partial charge on any atom is 0.242 e. The van der Waals surface area contributed by atoms with Gasteiger partial charge >= 0.3 is 0 Å². The van der Waals surface area contributed by atoms with Crippen molar-refractivity contribution in [3.05, 3.63) is 23.0 Å². The van der Waals surface area contributed by atoms with E-state index in [1.165, 1.54) is 0 Å². The molecule has 0 bridgehead atoms. The highest BCUT2D eigenvalue weighted by molar-refractivity contribution is 7.89. The lowest BCUT2D eigenvalue weighted by Crippen LogP contribution is -2.44. The third kappa shape index (κ3) is 3.85. The van der Waals surface area contributed by atoms with Crippen LogP contribution in [0, 0.1) is 5.82 Å². The van der Waals surface area contributed by atoms with E-state index in [-0.39, 0.29) is 22.2 Å². The van der Waals surface area contributed by atoms with Crippen LogP contribution in [-0.4, -0.2) is 25.7 Å². The van der Waals surface area contributed by atoms with Crippen LogP contribution in [0.25, 0.3) is 0 Å². The SMILES string of the molecule is Nc1cc(S(=O)(=O)NCC2(O)CCCCC2)c(Cl)cc1F. The standard InChI is InChI=1S/C13H18ClFN2O3S/c14-9-6-10(15)11(16)7-12(9)21(19,20)17-8-13(18)4-2-1-3-5-13/h6-7,17-18H,1-5,8,16H2. The van der Waals surface area contributed by atoms with Crippen molar-refractivity contribution >= 4 is 27.3 Å². The van der Waals surface area contributed by atoms with E-state index in [9.17, 15) is 17.9 Å². The minimum atomic E-state index is -3.96. The number of halogens is 2. The van der Waals surface area contributed by atoms with Gasteiger partial charge in [-0.05, 0) is 25.0 Å². The molecule has 0 atom stereocenters. The van der Waals surface area contributed by atoms with Crippen molar-refractivity contribution in [2.75, 3.05) is 12.3 Å². The summed E-state index contributed by atoms with van der Waals surface area (Å²) >= 11 is 5.76. The molecule has 0 amide bonds. The second-order valence-corrected chi connectivity index (χ2v) is 7.56. The summed E-state index contributed by atoms with van der Waals surface area (Å²) in [5, 5.41) is 10.1. The molecule has 0 radical (unpaired) electrons. The highest BCUT2D eigenvalue weighted by Gasteiger charge is 2.31. The third-order valence-corrected chi connectivity index (χ3v) is 5.58. The van der Waals surface area contributed by atoms with Gasteiger partial charge in [0.05, 0.1) is 16.3 Å². The lowest BCUT2D eigenvalue weighted by molar-refractivity contribution is 0.00945. The van der Waals surface area contributed by atoms with Crippen molar-refractivity contribution in [3.63, 3.8) is 0 Å². The molecule has 5 nitrogen and oxygen atoms in total. The summed E-state index contributed by atoms with van der Waals surface area (Å²) in [7, 11) is -3.96. The number of rotatable bonds is 4. The van der Waals surface area contributed by atoms with E-state index in [1.807, 2.05) is 0 Å². The lowest BCUT2D eigenvalue weighted by atomic mass is 9.85. The number of sulfonamides is 1. The molecule has 2 rings (SSSR count). The maximum atomic E-state index is 13.2. The predicted octanol–water partition coefficient (Wildman–Crippen LogP) is 2.03. The summed E-state index contributed by atoms with van der Waals surface area (Å²) in [6, 6.07) is 1.84. The smallest absolute Gasteiger partial charge is 0.242 e. The topological polar surface area (TPSA) is 92.4 Å². The van der Waals surface area contributed by atoms with Crippen molar-refractivity contribution in [1.29, 1.82) is 0 Å². The normalized spacial score (nSPS) is 18.6. The molecule has 8 heteroatoms. The Kier molecular flexibility index (Phi) is 4.77. The monoisotopic (exact) mass is 336 g/mol. The molecule has 1 saturated carbocycles. The summed E-state index contributed by atoms with van der Waals surface area (Å²) in [6.45, 7) is -0.0943. The second kappa shape index (κ2) is 6.08. The lowest BCUT2D eigenvalue weighted by Gasteiger charge is -2.32. The quantitative estimate of drug-likeness (QED) is 0.733. The Morgan fingerprint density at radius 3 is 2.57 bits per heavy atom. The van der Waals surface area contributed by atoms with Crippen LogP contribution in [0.4, 0.5) is 10.1 Å². The first-order valence-corrected chi connectivity index (χ1v) is 8.56. The second-order valence-electron chi connectivity index (χ2n) is 5.41. The van der Waals surface area contributed by atoms with Crippen LogP contribution in [0.3, 0.4) is 0 Å². The molecule has 1 aliphatic rings. The molecule has 0 aliphatic heterocycles. The van der Waals surface area contributed by atoms with Crippen LogP contribution in [0.5, 0.6) is 0 Å². The number of hydrogen-bond donors (Lipinski definition) is 3. The Hall–Kier alpha value is -0.890. The summed E-state index contributed by atoms with van der Waals surface area (Å²) < 4.78 is 40.0. The van der Waals surface area contributed by atoms with Gasteiger partial charge in [0, 0.05) is 6.54 Å². The fourth-order valence-corrected chi connectivity index (χ4v) is 4.11. The van der Waals surface area contributed by atoms with Gasteiger partial charge in [-0.15, -0.1) is 0 Å². The van der Waals surface area contributed by atoms with E-state index in [1.54, 1.807) is 0 Å². The number of nitrogen functional groups attached to an aromatic ring is 1. The average Bonchev–Trinajstić information content (AvgIpc) is 2.42. The van der Waals surface area contributed by atoms with Crippen molar-refractivity contribution in [2.24, 2.45) is 0 Å². The summed E-state index contributed by atoms with van der Waals surface area (Å²) in [5.41, 5.74) is 4.04.